The maximum atomic E-state index is 12.1. The molecule has 0 radical (unpaired) electrons. The highest BCUT2D eigenvalue weighted by atomic mass is 127. The van der Waals surface area contributed by atoms with Gasteiger partial charge >= 0.3 is 0 Å². The second-order valence-corrected chi connectivity index (χ2v) is 6.78. The average molecular weight is 434 g/mol. The van der Waals surface area contributed by atoms with E-state index in [4.69, 9.17) is 23.2 Å². The van der Waals surface area contributed by atoms with Crippen molar-refractivity contribution < 1.29 is 9.90 Å². The van der Waals surface area contributed by atoms with Crippen molar-refractivity contribution in [1.82, 2.24) is 0 Å². The number of β-lactam (4-membered cyclic amide) rings is 1. The molecule has 1 fully saturated rings. The molecule has 1 heterocycles. The lowest BCUT2D eigenvalue weighted by Crippen LogP contribution is -2.56. The van der Waals surface area contributed by atoms with Gasteiger partial charge in [-0.1, -0.05) is 29.8 Å². The maximum Gasteiger partial charge on any atom is 0.248 e. The number of phenols is 1. The zero-order chi connectivity index (χ0) is 15.1. The van der Waals surface area contributed by atoms with Crippen LogP contribution in [0.4, 0.5) is 5.69 Å². The Labute approximate surface area is 145 Å². The number of anilines is 1. The molecule has 21 heavy (non-hydrogen) atoms. The summed E-state index contributed by atoms with van der Waals surface area (Å²) in [5, 5.41) is 10.1. The van der Waals surface area contributed by atoms with Crippen LogP contribution in [-0.4, -0.2) is 16.4 Å². The number of para-hydroxylation sites is 1. The molecule has 0 saturated carbocycles. The molecule has 0 aromatic heterocycles. The van der Waals surface area contributed by atoms with Gasteiger partial charge in [0.25, 0.3) is 0 Å². The molecule has 0 aliphatic carbocycles. The van der Waals surface area contributed by atoms with E-state index >= 15 is 0 Å². The van der Waals surface area contributed by atoms with E-state index in [0.717, 1.165) is 5.69 Å². The fraction of sp³-hybridized carbons (Fsp3) is 0.133. The Morgan fingerprint density at radius 1 is 1.19 bits per heavy atom. The summed E-state index contributed by atoms with van der Waals surface area (Å²) in [6.45, 7) is 0. The second kappa shape index (κ2) is 5.66. The summed E-state index contributed by atoms with van der Waals surface area (Å²) < 4.78 is 0.631. The first-order chi connectivity index (χ1) is 10.0. The third kappa shape index (κ3) is 2.49. The van der Waals surface area contributed by atoms with Crippen molar-refractivity contribution in [3.8, 4) is 5.75 Å². The summed E-state index contributed by atoms with van der Waals surface area (Å²) in [6.07, 6.45) is 0. The fourth-order valence-corrected chi connectivity index (χ4v) is 3.85. The van der Waals surface area contributed by atoms with Crippen LogP contribution < -0.4 is 4.90 Å². The van der Waals surface area contributed by atoms with Gasteiger partial charge in [0.2, 0.25) is 5.91 Å². The summed E-state index contributed by atoms with van der Waals surface area (Å²) >= 11 is 14.2. The number of amides is 1. The number of rotatable bonds is 2. The summed E-state index contributed by atoms with van der Waals surface area (Å²) in [5.74, 6) is -0.0636. The smallest absolute Gasteiger partial charge is 0.248 e. The minimum atomic E-state index is -0.703. The molecule has 1 aliphatic heterocycles. The molecule has 2 aromatic carbocycles. The lowest BCUT2D eigenvalue weighted by atomic mass is 9.91. The minimum absolute atomic E-state index is 0.115. The van der Waals surface area contributed by atoms with Gasteiger partial charge in [-0.25, -0.2) is 0 Å². The van der Waals surface area contributed by atoms with E-state index in [1.807, 2.05) is 52.9 Å². The third-order valence-corrected chi connectivity index (χ3v) is 4.91. The zero-order valence-electron chi connectivity index (χ0n) is 10.6. The van der Waals surface area contributed by atoms with Gasteiger partial charge in [-0.15, -0.1) is 11.6 Å². The van der Waals surface area contributed by atoms with Gasteiger partial charge in [-0.05, 0) is 46.9 Å². The second-order valence-electron chi connectivity index (χ2n) is 4.72. The molecule has 6 heteroatoms. The predicted octanol–water partition coefficient (Wildman–Crippen LogP) is 4.35. The molecule has 108 valence electrons. The van der Waals surface area contributed by atoms with Crippen LogP contribution in [0.25, 0.3) is 0 Å². The summed E-state index contributed by atoms with van der Waals surface area (Å²) in [6, 6.07) is 12.1. The predicted molar refractivity (Wildman–Crippen MR) is 92.1 cm³/mol. The van der Waals surface area contributed by atoms with Crippen molar-refractivity contribution in [2.75, 3.05) is 4.90 Å². The highest BCUT2D eigenvalue weighted by Crippen LogP contribution is 2.46. The van der Waals surface area contributed by atoms with Crippen LogP contribution in [0.5, 0.6) is 5.75 Å². The van der Waals surface area contributed by atoms with Crippen molar-refractivity contribution >= 4 is 57.4 Å². The number of carbonyl (C=O) groups excluding carboxylic acids is 1. The monoisotopic (exact) mass is 433 g/mol. The van der Waals surface area contributed by atoms with E-state index in [9.17, 15) is 9.90 Å². The van der Waals surface area contributed by atoms with Crippen LogP contribution in [0.1, 0.15) is 11.6 Å². The summed E-state index contributed by atoms with van der Waals surface area (Å²) in [5.41, 5.74) is 1.31. The Balaban J connectivity index is 2.07. The number of benzene rings is 2. The average Bonchev–Trinajstić information content (AvgIpc) is 2.48. The number of hydrogen-bond donors (Lipinski definition) is 1. The molecule has 0 spiro atoms. The van der Waals surface area contributed by atoms with Crippen molar-refractivity contribution in [2.45, 2.75) is 11.4 Å². The lowest BCUT2D eigenvalue weighted by molar-refractivity contribution is -0.123. The molecule has 1 N–H and O–H groups in total. The van der Waals surface area contributed by atoms with Gasteiger partial charge in [0.05, 0.1) is 9.61 Å². The first kappa shape index (κ1) is 14.9. The number of phenolic OH excluding ortho intramolecular Hbond substituents is 1. The van der Waals surface area contributed by atoms with Gasteiger partial charge in [-0.2, -0.15) is 0 Å². The highest BCUT2D eigenvalue weighted by molar-refractivity contribution is 14.1. The van der Waals surface area contributed by atoms with Crippen molar-refractivity contribution in [3.63, 3.8) is 0 Å². The van der Waals surface area contributed by atoms with E-state index in [2.05, 4.69) is 0 Å². The Morgan fingerprint density at radius 2 is 1.86 bits per heavy atom. The topological polar surface area (TPSA) is 40.5 Å². The van der Waals surface area contributed by atoms with Crippen LogP contribution >= 0.6 is 45.8 Å². The molecule has 0 bridgehead atoms. The van der Waals surface area contributed by atoms with Gasteiger partial charge in [0, 0.05) is 16.3 Å². The Hall–Kier alpha value is -0.980. The fourth-order valence-electron chi connectivity index (χ4n) is 2.44. The van der Waals surface area contributed by atoms with Crippen molar-refractivity contribution in [3.05, 3.63) is 56.6 Å². The summed E-state index contributed by atoms with van der Waals surface area (Å²) in [7, 11) is 0. The number of hydrogen-bond acceptors (Lipinski definition) is 2. The molecule has 2 unspecified atom stereocenters. The Bertz CT molecular complexity index is 708. The Kier molecular flexibility index (Phi) is 4.03. The zero-order valence-corrected chi connectivity index (χ0v) is 14.3. The molecule has 3 nitrogen and oxygen atoms in total. The number of aromatic hydroxyl groups is 1. The Morgan fingerprint density at radius 3 is 2.52 bits per heavy atom. The molecule has 1 saturated heterocycles. The van der Waals surface area contributed by atoms with Crippen LogP contribution in [0.3, 0.4) is 0 Å². The van der Waals surface area contributed by atoms with E-state index in [1.54, 1.807) is 17.0 Å². The van der Waals surface area contributed by atoms with Gasteiger partial charge < -0.3 is 10.0 Å². The molecular weight excluding hydrogens is 424 g/mol. The van der Waals surface area contributed by atoms with E-state index in [1.165, 1.54) is 0 Å². The van der Waals surface area contributed by atoms with Crippen LogP contribution in [0.2, 0.25) is 5.02 Å². The van der Waals surface area contributed by atoms with Crippen LogP contribution in [0.15, 0.2) is 42.5 Å². The lowest BCUT2D eigenvalue weighted by Gasteiger charge is -2.44. The quantitative estimate of drug-likeness (QED) is 0.434. The third-order valence-electron chi connectivity index (χ3n) is 3.44. The SMILES string of the molecule is O=C1C(Cl)C(c2cc(Cl)cc(I)c2O)N1c1ccccc1. The molecule has 3 rings (SSSR count). The standard InChI is InChI=1S/C15H10Cl2INO2/c16-8-6-10(14(20)11(18)7-8)13-12(17)15(21)19(13)9-4-2-1-3-5-9/h1-7,12-13,20H. The van der Waals surface area contributed by atoms with Crippen molar-refractivity contribution in [2.24, 2.45) is 0 Å². The maximum absolute atomic E-state index is 12.1. The molecule has 2 aromatic rings. The van der Waals surface area contributed by atoms with E-state index in [0.29, 0.717) is 14.2 Å². The van der Waals surface area contributed by atoms with Gasteiger partial charge in [0.1, 0.15) is 11.1 Å². The van der Waals surface area contributed by atoms with E-state index in [-0.39, 0.29) is 11.7 Å². The summed E-state index contributed by atoms with van der Waals surface area (Å²) in [4.78, 5) is 13.7. The first-order valence-electron chi connectivity index (χ1n) is 6.21. The highest BCUT2D eigenvalue weighted by Gasteiger charge is 2.49. The van der Waals surface area contributed by atoms with E-state index < -0.39 is 11.4 Å². The van der Waals surface area contributed by atoms with Crippen molar-refractivity contribution in [1.29, 1.82) is 0 Å². The largest absolute Gasteiger partial charge is 0.506 e. The number of carbonyl (C=O) groups is 1. The number of halogens is 3. The minimum Gasteiger partial charge on any atom is -0.506 e. The molecule has 1 amide bonds. The number of alkyl halides is 1. The van der Waals surface area contributed by atoms with Gasteiger partial charge in [-0.3, -0.25) is 4.79 Å². The van der Waals surface area contributed by atoms with Gasteiger partial charge in [0.15, 0.2) is 0 Å². The normalized spacial score (nSPS) is 21.3. The first-order valence-corrected chi connectivity index (χ1v) is 8.10. The van der Waals surface area contributed by atoms with Crippen LogP contribution in [-0.2, 0) is 4.79 Å². The van der Waals surface area contributed by atoms with Crippen LogP contribution in [0, 0.1) is 3.57 Å². The molecule has 1 aliphatic rings. The molecular formula is C15H10Cl2INO2. The number of nitrogens with zero attached hydrogens (tertiary/aromatic N) is 1. The molecule has 2 atom stereocenters.